The van der Waals surface area contributed by atoms with E-state index in [0.717, 1.165) is 16.0 Å². The lowest BCUT2D eigenvalue weighted by atomic mass is 9.94. The number of carbonyl (C=O) groups is 1. The number of carbonyl (C=O) groups excluding carboxylic acids is 1. The van der Waals surface area contributed by atoms with E-state index in [1.165, 1.54) is 12.1 Å². The van der Waals surface area contributed by atoms with E-state index >= 15 is 0 Å². The van der Waals surface area contributed by atoms with E-state index in [1.54, 1.807) is 28.8 Å². The van der Waals surface area contributed by atoms with E-state index in [9.17, 15) is 9.18 Å². The summed E-state index contributed by atoms with van der Waals surface area (Å²) < 4.78 is 19.8. The third-order valence-corrected chi connectivity index (χ3v) is 6.71. The molecule has 6 nitrogen and oxygen atoms in total. The number of nitrogens with zero attached hydrogens (tertiary/aromatic N) is 3. The smallest absolute Gasteiger partial charge is 0.326 e. The topological polar surface area (TPSA) is 71.3 Å². The van der Waals surface area contributed by atoms with Gasteiger partial charge in [-0.1, -0.05) is 35.0 Å². The van der Waals surface area contributed by atoms with Gasteiger partial charge in [-0.3, -0.25) is 4.90 Å². The van der Waals surface area contributed by atoms with Crippen molar-refractivity contribution in [3.05, 3.63) is 101 Å². The normalized spacial score (nSPS) is 15.9. The molecule has 0 bridgehead atoms. The van der Waals surface area contributed by atoms with Crippen LogP contribution in [0.5, 0.6) is 0 Å². The number of thioether (sulfide) groups is 1. The SMILES string of the molecule is CSc1ccc(-c2noc(C3=C(C)N(c4ccc(C)cc4)C(=O)NC3c3cccc(F)c3)n2)cc1. The molecular weight excluding hydrogens is 463 g/mol. The summed E-state index contributed by atoms with van der Waals surface area (Å²) in [6, 6.07) is 20.7. The summed E-state index contributed by atoms with van der Waals surface area (Å²) in [5.41, 5.74) is 4.41. The van der Waals surface area contributed by atoms with Gasteiger partial charge in [-0.05, 0) is 74.2 Å². The van der Waals surface area contributed by atoms with Crippen LogP contribution in [0.1, 0.15) is 30.0 Å². The number of hydrogen-bond donors (Lipinski definition) is 1. The first-order chi connectivity index (χ1) is 16.9. The Morgan fingerprint density at radius 3 is 2.46 bits per heavy atom. The molecule has 0 fully saturated rings. The zero-order valence-electron chi connectivity index (χ0n) is 19.4. The van der Waals surface area contributed by atoms with Crippen LogP contribution in [0, 0.1) is 12.7 Å². The van der Waals surface area contributed by atoms with Crippen molar-refractivity contribution in [1.82, 2.24) is 15.5 Å². The third kappa shape index (κ3) is 4.44. The van der Waals surface area contributed by atoms with E-state index < -0.39 is 11.9 Å². The van der Waals surface area contributed by atoms with Crippen LogP contribution >= 0.6 is 11.8 Å². The van der Waals surface area contributed by atoms with E-state index in [1.807, 2.05) is 68.6 Å². The Morgan fingerprint density at radius 2 is 1.77 bits per heavy atom. The first kappa shape index (κ1) is 22.9. The zero-order chi connectivity index (χ0) is 24.5. The van der Waals surface area contributed by atoms with Crippen molar-refractivity contribution in [2.45, 2.75) is 24.8 Å². The average molecular weight is 487 g/mol. The predicted molar refractivity (Wildman–Crippen MR) is 135 cm³/mol. The molecule has 2 amide bonds. The van der Waals surface area contributed by atoms with Crippen LogP contribution < -0.4 is 10.2 Å². The van der Waals surface area contributed by atoms with Crippen LogP contribution in [0.15, 0.2) is 87.9 Å². The highest BCUT2D eigenvalue weighted by Crippen LogP contribution is 2.39. The Kier molecular flexibility index (Phi) is 6.13. The van der Waals surface area contributed by atoms with Crippen LogP contribution in [0.4, 0.5) is 14.9 Å². The quantitative estimate of drug-likeness (QED) is 0.322. The lowest BCUT2D eigenvalue weighted by molar-refractivity contribution is 0.244. The highest BCUT2D eigenvalue weighted by atomic mass is 32.2. The van der Waals surface area contributed by atoms with Crippen molar-refractivity contribution in [3.8, 4) is 11.4 Å². The van der Waals surface area contributed by atoms with Crippen LogP contribution in [-0.4, -0.2) is 22.4 Å². The molecule has 0 aliphatic carbocycles. The summed E-state index contributed by atoms with van der Waals surface area (Å²) >= 11 is 1.65. The van der Waals surface area contributed by atoms with Gasteiger partial charge in [0.05, 0.1) is 17.3 Å². The van der Waals surface area contributed by atoms with Gasteiger partial charge in [0.25, 0.3) is 5.89 Å². The number of hydrogen-bond acceptors (Lipinski definition) is 5. The van der Waals surface area contributed by atoms with Crippen molar-refractivity contribution >= 4 is 29.1 Å². The molecule has 8 heteroatoms. The van der Waals surface area contributed by atoms with Gasteiger partial charge in [0.15, 0.2) is 0 Å². The van der Waals surface area contributed by atoms with Gasteiger partial charge in [0.1, 0.15) is 5.82 Å². The highest BCUT2D eigenvalue weighted by molar-refractivity contribution is 7.98. The molecule has 1 N–H and O–H groups in total. The number of anilines is 1. The van der Waals surface area contributed by atoms with E-state index in [0.29, 0.717) is 28.3 Å². The Balaban J connectivity index is 1.63. The molecule has 1 aliphatic heterocycles. The first-order valence-electron chi connectivity index (χ1n) is 11.1. The molecule has 1 aromatic heterocycles. The van der Waals surface area contributed by atoms with E-state index in [-0.39, 0.29) is 11.9 Å². The van der Waals surface area contributed by atoms with Gasteiger partial charge >= 0.3 is 6.03 Å². The second kappa shape index (κ2) is 9.38. The third-order valence-electron chi connectivity index (χ3n) is 5.96. The standard InChI is InChI=1S/C27H23FN4O2S/c1-16-7-11-21(12-8-16)32-17(2)23(24(29-27(32)33)19-5-4-6-20(28)15-19)26-30-25(31-34-26)18-9-13-22(35-3)14-10-18/h4-15,24H,1-3H3,(H,29,33). The summed E-state index contributed by atoms with van der Waals surface area (Å²) in [4.78, 5) is 20.6. The molecular formula is C27H23FN4O2S. The predicted octanol–water partition coefficient (Wildman–Crippen LogP) is 6.61. The summed E-state index contributed by atoms with van der Waals surface area (Å²) in [6.07, 6.45) is 2.01. The number of aromatic nitrogens is 2. The molecule has 35 heavy (non-hydrogen) atoms. The van der Waals surface area contributed by atoms with Gasteiger partial charge in [0, 0.05) is 16.2 Å². The van der Waals surface area contributed by atoms with Gasteiger partial charge in [-0.2, -0.15) is 4.98 Å². The molecule has 1 unspecified atom stereocenters. The number of amides is 2. The maximum atomic E-state index is 14.1. The minimum Gasteiger partial charge on any atom is -0.334 e. The lowest BCUT2D eigenvalue weighted by Gasteiger charge is -2.35. The Hall–Kier alpha value is -3.91. The van der Waals surface area contributed by atoms with Crippen LogP contribution in [0.25, 0.3) is 17.0 Å². The van der Waals surface area contributed by atoms with Gasteiger partial charge < -0.3 is 9.84 Å². The van der Waals surface area contributed by atoms with E-state index in [2.05, 4.69) is 15.5 Å². The highest BCUT2D eigenvalue weighted by Gasteiger charge is 2.36. The van der Waals surface area contributed by atoms with Crippen molar-refractivity contribution in [2.75, 3.05) is 11.2 Å². The average Bonchev–Trinajstić information content (AvgIpc) is 3.34. The fourth-order valence-corrected chi connectivity index (χ4v) is 4.56. The Bertz CT molecular complexity index is 1410. The number of urea groups is 1. The molecule has 0 radical (unpaired) electrons. The number of halogens is 1. The van der Waals surface area contributed by atoms with Gasteiger partial charge in [-0.15, -0.1) is 11.8 Å². The summed E-state index contributed by atoms with van der Waals surface area (Å²) in [5, 5.41) is 7.19. The molecule has 176 valence electrons. The van der Waals surface area contributed by atoms with Crippen molar-refractivity contribution in [3.63, 3.8) is 0 Å². The number of aryl methyl sites for hydroxylation is 1. The van der Waals surface area contributed by atoms with Crippen LogP contribution in [-0.2, 0) is 0 Å². The van der Waals surface area contributed by atoms with Gasteiger partial charge in [-0.25, -0.2) is 9.18 Å². The maximum absolute atomic E-state index is 14.1. The number of benzene rings is 3. The fraction of sp³-hybridized carbons (Fsp3) is 0.148. The van der Waals surface area contributed by atoms with Crippen molar-refractivity contribution in [2.24, 2.45) is 0 Å². The van der Waals surface area contributed by atoms with Gasteiger partial charge in [0.2, 0.25) is 5.82 Å². The second-order valence-electron chi connectivity index (χ2n) is 8.26. The molecule has 0 saturated carbocycles. The molecule has 0 saturated heterocycles. The number of allylic oxidation sites excluding steroid dienone is 1. The minimum absolute atomic E-state index is 0.262. The van der Waals surface area contributed by atoms with Crippen LogP contribution in [0.2, 0.25) is 0 Å². The number of nitrogens with one attached hydrogen (secondary N) is 1. The van der Waals surface area contributed by atoms with Crippen LogP contribution in [0.3, 0.4) is 0 Å². The van der Waals surface area contributed by atoms with Crippen molar-refractivity contribution < 1.29 is 13.7 Å². The molecule has 3 aromatic carbocycles. The Labute approximate surface area is 206 Å². The van der Waals surface area contributed by atoms with Crippen molar-refractivity contribution in [1.29, 1.82) is 0 Å². The lowest BCUT2D eigenvalue weighted by Crippen LogP contribution is -2.46. The minimum atomic E-state index is -0.660. The second-order valence-corrected chi connectivity index (χ2v) is 9.14. The molecule has 5 rings (SSSR count). The molecule has 0 spiro atoms. The van der Waals surface area contributed by atoms with E-state index in [4.69, 9.17) is 4.52 Å². The first-order valence-corrected chi connectivity index (χ1v) is 12.3. The summed E-state index contributed by atoms with van der Waals surface area (Å²) in [5.74, 6) is 0.303. The summed E-state index contributed by atoms with van der Waals surface area (Å²) in [6.45, 7) is 3.82. The number of rotatable bonds is 5. The Morgan fingerprint density at radius 1 is 1.03 bits per heavy atom. The molecule has 1 aliphatic rings. The molecule has 1 atom stereocenters. The zero-order valence-corrected chi connectivity index (χ0v) is 20.3. The summed E-state index contributed by atoms with van der Waals surface area (Å²) in [7, 11) is 0. The fourth-order valence-electron chi connectivity index (χ4n) is 4.15. The largest absolute Gasteiger partial charge is 0.334 e. The molecule has 4 aromatic rings. The molecule has 2 heterocycles. The monoisotopic (exact) mass is 486 g/mol. The maximum Gasteiger partial charge on any atom is 0.326 e.